The molecule has 0 unspecified atom stereocenters. The van der Waals surface area contributed by atoms with Crippen LogP contribution in [0.25, 0.3) is 10.2 Å². The van der Waals surface area contributed by atoms with Crippen molar-refractivity contribution in [1.29, 1.82) is 0 Å². The number of benzene rings is 2. The predicted molar refractivity (Wildman–Crippen MR) is 133 cm³/mol. The van der Waals surface area contributed by atoms with E-state index in [9.17, 15) is 23.3 Å². The number of nitro groups is 1. The third kappa shape index (κ3) is 5.52. The third-order valence-corrected chi connectivity index (χ3v) is 7.94. The largest absolute Gasteiger partial charge is 0.493 e. The quantitative estimate of drug-likeness (QED) is 0.290. The SMILES string of the molecule is CCCN(CCC)S(=O)(=O)c1ccc2nc(NC(=O)c3cc(OC)c(OC)cc3[N+](=O)[O-])sc2c1. The molecule has 0 atom stereocenters. The number of carbonyl (C=O) groups excluding carboxylic acids is 1. The van der Waals surface area contributed by atoms with Crippen LogP contribution in [0.3, 0.4) is 0 Å². The Labute approximate surface area is 206 Å². The molecular weight excluding hydrogens is 496 g/mol. The number of rotatable bonds is 11. The lowest BCUT2D eigenvalue weighted by Gasteiger charge is -2.20. The number of nitrogens with zero attached hydrogens (tertiary/aromatic N) is 3. The number of carbonyl (C=O) groups is 1. The highest BCUT2D eigenvalue weighted by Crippen LogP contribution is 2.35. The lowest BCUT2D eigenvalue weighted by atomic mass is 10.1. The Morgan fingerprint density at radius 2 is 1.74 bits per heavy atom. The monoisotopic (exact) mass is 522 g/mol. The number of nitrogens with one attached hydrogen (secondary N) is 1. The summed E-state index contributed by atoms with van der Waals surface area (Å²) < 4.78 is 38.4. The van der Waals surface area contributed by atoms with Crippen molar-refractivity contribution in [2.75, 3.05) is 32.6 Å². The molecule has 3 aromatic rings. The van der Waals surface area contributed by atoms with Crippen molar-refractivity contribution in [2.45, 2.75) is 31.6 Å². The van der Waals surface area contributed by atoms with E-state index in [0.717, 1.165) is 17.4 Å². The molecule has 0 aliphatic heterocycles. The van der Waals surface area contributed by atoms with Gasteiger partial charge in [0.2, 0.25) is 10.0 Å². The number of anilines is 1. The van der Waals surface area contributed by atoms with Gasteiger partial charge in [0.25, 0.3) is 11.6 Å². The second-order valence-corrected chi connectivity index (χ2v) is 10.5. The van der Waals surface area contributed by atoms with E-state index >= 15 is 0 Å². The number of amides is 1. The molecule has 13 heteroatoms. The number of hydrogen-bond acceptors (Lipinski definition) is 9. The zero-order valence-electron chi connectivity index (χ0n) is 19.7. The van der Waals surface area contributed by atoms with Gasteiger partial charge in [0, 0.05) is 19.2 Å². The van der Waals surface area contributed by atoms with Crippen LogP contribution >= 0.6 is 11.3 Å². The fourth-order valence-electron chi connectivity index (χ4n) is 3.48. The van der Waals surface area contributed by atoms with E-state index in [2.05, 4.69) is 10.3 Å². The van der Waals surface area contributed by atoms with Crippen LogP contribution in [0.1, 0.15) is 37.0 Å². The first-order valence-electron chi connectivity index (χ1n) is 10.8. The van der Waals surface area contributed by atoms with Crippen LogP contribution in [0, 0.1) is 10.1 Å². The summed E-state index contributed by atoms with van der Waals surface area (Å²) in [6.45, 7) is 4.68. The van der Waals surface area contributed by atoms with Crippen LogP contribution in [0.15, 0.2) is 35.2 Å². The summed E-state index contributed by atoms with van der Waals surface area (Å²) in [5, 5.41) is 14.3. The summed E-state index contributed by atoms with van der Waals surface area (Å²) in [7, 11) is -0.991. The van der Waals surface area contributed by atoms with Crippen LogP contribution in [0.2, 0.25) is 0 Å². The number of thiazole rings is 1. The first-order valence-corrected chi connectivity index (χ1v) is 13.0. The minimum atomic E-state index is -3.68. The normalized spacial score (nSPS) is 11.6. The Hall–Kier alpha value is -3.29. The zero-order chi connectivity index (χ0) is 25.8. The number of aromatic nitrogens is 1. The second-order valence-electron chi connectivity index (χ2n) is 7.49. The highest BCUT2D eigenvalue weighted by molar-refractivity contribution is 7.89. The second kappa shape index (κ2) is 11.0. The Balaban J connectivity index is 1.94. The molecule has 0 fully saturated rings. The summed E-state index contributed by atoms with van der Waals surface area (Å²) in [6, 6.07) is 6.92. The van der Waals surface area contributed by atoms with E-state index < -0.39 is 26.5 Å². The van der Waals surface area contributed by atoms with Crippen molar-refractivity contribution in [3.63, 3.8) is 0 Å². The Kier molecular flexibility index (Phi) is 8.25. The van der Waals surface area contributed by atoms with Crippen molar-refractivity contribution < 1.29 is 27.6 Å². The highest BCUT2D eigenvalue weighted by Gasteiger charge is 2.26. The lowest BCUT2D eigenvalue weighted by Crippen LogP contribution is -2.32. The molecule has 1 aromatic heterocycles. The van der Waals surface area contributed by atoms with E-state index in [1.807, 2.05) is 13.8 Å². The average molecular weight is 523 g/mol. The number of fused-ring (bicyclic) bond motifs is 1. The fraction of sp³-hybridized carbons (Fsp3) is 0.364. The van der Waals surface area contributed by atoms with Crippen molar-refractivity contribution in [3.8, 4) is 11.5 Å². The summed E-state index contributed by atoms with van der Waals surface area (Å²) in [5.41, 5.74) is -0.199. The third-order valence-electron chi connectivity index (χ3n) is 5.11. The van der Waals surface area contributed by atoms with Gasteiger partial charge in [0.1, 0.15) is 5.56 Å². The minimum Gasteiger partial charge on any atom is -0.493 e. The van der Waals surface area contributed by atoms with Crippen molar-refractivity contribution in [2.24, 2.45) is 0 Å². The Morgan fingerprint density at radius 1 is 1.11 bits per heavy atom. The molecule has 2 aromatic carbocycles. The van der Waals surface area contributed by atoms with Crippen LogP contribution < -0.4 is 14.8 Å². The van der Waals surface area contributed by atoms with E-state index in [-0.39, 0.29) is 27.1 Å². The number of ether oxygens (including phenoxy) is 2. The number of methoxy groups -OCH3 is 2. The van der Waals surface area contributed by atoms with Gasteiger partial charge < -0.3 is 9.47 Å². The summed E-state index contributed by atoms with van der Waals surface area (Å²) in [5.74, 6) is -0.489. The van der Waals surface area contributed by atoms with E-state index in [1.54, 1.807) is 6.07 Å². The van der Waals surface area contributed by atoms with Gasteiger partial charge in [0.05, 0.1) is 40.3 Å². The first-order chi connectivity index (χ1) is 16.7. The molecule has 0 aliphatic carbocycles. The van der Waals surface area contributed by atoms with E-state index in [0.29, 0.717) is 36.1 Å². The standard InChI is InChI=1S/C22H26N4O7S2/c1-5-9-25(10-6-2)35(30,31)14-7-8-16-20(11-14)34-22(23-16)24-21(27)15-12-18(32-3)19(33-4)13-17(15)26(28)29/h7-8,11-13H,5-6,9-10H2,1-4H3,(H,23,24,27). The molecule has 1 heterocycles. The average Bonchev–Trinajstić information content (AvgIpc) is 3.24. The molecule has 3 rings (SSSR count). The van der Waals surface area contributed by atoms with Crippen molar-refractivity contribution >= 4 is 48.3 Å². The van der Waals surface area contributed by atoms with Crippen molar-refractivity contribution in [1.82, 2.24) is 9.29 Å². The number of nitro benzene ring substituents is 1. The van der Waals surface area contributed by atoms with Crippen LogP contribution in [-0.4, -0.2) is 55.8 Å². The molecule has 0 spiro atoms. The predicted octanol–water partition coefficient (Wildman–Crippen LogP) is 4.28. The van der Waals surface area contributed by atoms with Gasteiger partial charge in [-0.15, -0.1) is 0 Å². The molecule has 1 amide bonds. The lowest BCUT2D eigenvalue weighted by molar-refractivity contribution is -0.385. The van der Waals surface area contributed by atoms with Gasteiger partial charge in [-0.05, 0) is 31.0 Å². The summed E-state index contributed by atoms with van der Waals surface area (Å²) >= 11 is 1.07. The maximum Gasteiger partial charge on any atom is 0.286 e. The molecule has 0 bridgehead atoms. The number of sulfonamides is 1. The molecule has 0 saturated heterocycles. The molecule has 0 aliphatic rings. The maximum atomic E-state index is 13.1. The van der Waals surface area contributed by atoms with Crippen LogP contribution in [0.4, 0.5) is 10.8 Å². The van der Waals surface area contributed by atoms with Gasteiger partial charge in [-0.2, -0.15) is 4.31 Å². The van der Waals surface area contributed by atoms with Gasteiger partial charge in [-0.3, -0.25) is 20.2 Å². The zero-order valence-corrected chi connectivity index (χ0v) is 21.4. The molecular formula is C22H26N4O7S2. The molecule has 11 nitrogen and oxygen atoms in total. The Bertz CT molecular complexity index is 1350. The van der Waals surface area contributed by atoms with Gasteiger partial charge in [-0.25, -0.2) is 13.4 Å². The summed E-state index contributed by atoms with van der Waals surface area (Å²) in [6.07, 6.45) is 1.39. The molecule has 0 radical (unpaired) electrons. The minimum absolute atomic E-state index is 0.115. The molecule has 1 N–H and O–H groups in total. The molecule has 0 saturated carbocycles. The molecule has 35 heavy (non-hydrogen) atoms. The topological polar surface area (TPSA) is 141 Å². The van der Waals surface area contributed by atoms with E-state index in [4.69, 9.17) is 9.47 Å². The first kappa shape index (κ1) is 26.3. The highest BCUT2D eigenvalue weighted by atomic mass is 32.2. The van der Waals surface area contributed by atoms with Crippen LogP contribution in [-0.2, 0) is 10.0 Å². The van der Waals surface area contributed by atoms with Crippen LogP contribution in [0.5, 0.6) is 11.5 Å². The van der Waals surface area contributed by atoms with E-state index in [1.165, 1.54) is 36.7 Å². The fourth-order valence-corrected chi connectivity index (χ4v) is 6.11. The van der Waals surface area contributed by atoms with Crippen molar-refractivity contribution in [3.05, 3.63) is 46.0 Å². The van der Waals surface area contributed by atoms with Gasteiger partial charge in [-0.1, -0.05) is 25.2 Å². The summed E-state index contributed by atoms with van der Waals surface area (Å²) in [4.78, 5) is 28.2. The Morgan fingerprint density at radius 3 is 2.31 bits per heavy atom. The van der Waals surface area contributed by atoms with Gasteiger partial charge in [0.15, 0.2) is 16.6 Å². The van der Waals surface area contributed by atoms with Gasteiger partial charge >= 0.3 is 0 Å². The molecule has 188 valence electrons. The smallest absolute Gasteiger partial charge is 0.286 e. The number of hydrogen-bond donors (Lipinski definition) is 1. The maximum absolute atomic E-state index is 13.1.